The van der Waals surface area contributed by atoms with E-state index in [0.717, 1.165) is 32.4 Å². The predicted octanol–water partition coefficient (Wildman–Crippen LogP) is 2.05. The van der Waals surface area contributed by atoms with Crippen molar-refractivity contribution in [3.05, 3.63) is 12.7 Å². The maximum absolute atomic E-state index is 12.2. The number of nitrogens with zero attached hydrogens (tertiary/aromatic N) is 4. The molecule has 2 atom stereocenters. The van der Waals surface area contributed by atoms with Crippen molar-refractivity contribution >= 4 is 6.09 Å². The summed E-state index contributed by atoms with van der Waals surface area (Å²) in [5.74, 6) is 0. The first-order chi connectivity index (χ1) is 10.8. The van der Waals surface area contributed by atoms with Gasteiger partial charge in [-0.15, -0.1) is 0 Å². The molecular formula is C16H29N5O2. The van der Waals surface area contributed by atoms with Gasteiger partial charge in [0.2, 0.25) is 0 Å². The summed E-state index contributed by atoms with van der Waals surface area (Å²) in [7, 11) is 0. The number of nitrogens with one attached hydrogen (secondary N) is 1. The Morgan fingerprint density at radius 1 is 1.48 bits per heavy atom. The minimum Gasteiger partial charge on any atom is -0.444 e. The van der Waals surface area contributed by atoms with Crippen molar-refractivity contribution in [3.63, 3.8) is 0 Å². The number of likely N-dealkylation sites (tertiary alicyclic amines) is 1. The number of ether oxygens (including phenoxy) is 1. The third-order valence-electron chi connectivity index (χ3n) is 3.85. The summed E-state index contributed by atoms with van der Waals surface area (Å²) in [5, 5.41) is 7.73. The van der Waals surface area contributed by atoms with Gasteiger partial charge in [0.05, 0.1) is 0 Å². The summed E-state index contributed by atoms with van der Waals surface area (Å²) >= 11 is 0. The van der Waals surface area contributed by atoms with Crippen LogP contribution in [0.5, 0.6) is 0 Å². The van der Waals surface area contributed by atoms with E-state index in [2.05, 4.69) is 22.3 Å². The van der Waals surface area contributed by atoms with Crippen molar-refractivity contribution in [2.45, 2.75) is 71.2 Å². The lowest BCUT2D eigenvalue weighted by Gasteiger charge is -2.35. The van der Waals surface area contributed by atoms with Crippen molar-refractivity contribution in [1.29, 1.82) is 0 Å². The number of carbonyl (C=O) groups excluding carboxylic acids is 1. The van der Waals surface area contributed by atoms with Crippen LogP contribution >= 0.6 is 0 Å². The molecule has 2 heterocycles. The Morgan fingerprint density at radius 2 is 2.26 bits per heavy atom. The third-order valence-corrected chi connectivity index (χ3v) is 3.85. The Hall–Kier alpha value is -1.63. The molecule has 23 heavy (non-hydrogen) atoms. The summed E-state index contributed by atoms with van der Waals surface area (Å²) in [4.78, 5) is 17.9. The van der Waals surface area contributed by atoms with E-state index >= 15 is 0 Å². The maximum Gasteiger partial charge on any atom is 0.410 e. The van der Waals surface area contributed by atoms with Gasteiger partial charge in [-0.05, 0) is 47.0 Å². The lowest BCUT2D eigenvalue weighted by Crippen LogP contribution is -2.51. The quantitative estimate of drug-likeness (QED) is 0.898. The van der Waals surface area contributed by atoms with E-state index in [0.29, 0.717) is 18.6 Å². The highest BCUT2D eigenvalue weighted by molar-refractivity contribution is 5.68. The molecule has 1 saturated heterocycles. The Bertz CT molecular complexity index is 483. The molecule has 1 fully saturated rings. The zero-order chi connectivity index (χ0) is 16.9. The molecule has 1 aliphatic rings. The van der Waals surface area contributed by atoms with Gasteiger partial charge < -0.3 is 15.0 Å². The Kier molecular flexibility index (Phi) is 5.98. The van der Waals surface area contributed by atoms with Crippen molar-refractivity contribution in [1.82, 2.24) is 25.0 Å². The molecule has 0 spiro atoms. The largest absolute Gasteiger partial charge is 0.444 e. The SMILES string of the molecule is C[C@H](CCn1cncn1)N[C@H]1CCCN(C(=O)OC(C)(C)C)C1. The molecule has 0 saturated carbocycles. The van der Waals surface area contributed by atoms with Crippen LogP contribution < -0.4 is 5.32 Å². The van der Waals surface area contributed by atoms with Crippen LogP contribution in [0.15, 0.2) is 12.7 Å². The molecular weight excluding hydrogens is 294 g/mol. The molecule has 2 rings (SSSR count). The molecule has 1 N–H and O–H groups in total. The molecule has 0 bridgehead atoms. The van der Waals surface area contributed by atoms with Gasteiger partial charge in [-0.1, -0.05) is 0 Å². The van der Waals surface area contributed by atoms with Crippen LogP contribution in [-0.2, 0) is 11.3 Å². The highest BCUT2D eigenvalue weighted by Gasteiger charge is 2.28. The second-order valence-corrected chi connectivity index (χ2v) is 7.28. The highest BCUT2D eigenvalue weighted by Crippen LogP contribution is 2.16. The molecule has 0 aromatic carbocycles. The van der Waals surface area contributed by atoms with Gasteiger partial charge in [0.1, 0.15) is 18.3 Å². The van der Waals surface area contributed by atoms with Gasteiger partial charge in [0.15, 0.2) is 0 Å². The van der Waals surface area contributed by atoms with E-state index in [1.54, 1.807) is 12.7 Å². The number of hydrogen-bond donors (Lipinski definition) is 1. The van der Waals surface area contributed by atoms with Gasteiger partial charge in [-0.25, -0.2) is 9.78 Å². The maximum atomic E-state index is 12.2. The topological polar surface area (TPSA) is 72.3 Å². The lowest BCUT2D eigenvalue weighted by molar-refractivity contribution is 0.0183. The molecule has 0 aliphatic carbocycles. The smallest absolute Gasteiger partial charge is 0.410 e. The molecule has 1 aliphatic heterocycles. The van der Waals surface area contributed by atoms with Gasteiger partial charge in [-0.3, -0.25) is 4.68 Å². The summed E-state index contributed by atoms with van der Waals surface area (Å²) in [6.07, 6.45) is 6.15. The van der Waals surface area contributed by atoms with E-state index in [1.807, 2.05) is 30.4 Å². The minimum atomic E-state index is -0.442. The van der Waals surface area contributed by atoms with Crippen molar-refractivity contribution in [2.24, 2.45) is 0 Å². The molecule has 1 aromatic heterocycles. The number of rotatable bonds is 5. The average Bonchev–Trinajstić information content (AvgIpc) is 2.97. The number of aryl methyl sites for hydroxylation is 1. The summed E-state index contributed by atoms with van der Waals surface area (Å²) in [6.45, 7) is 10.2. The molecule has 0 radical (unpaired) electrons. The first-order valence-corrected chi connectivity index (χ1v) is 8.40. The van der Waals surface area contributed by atoms with Gasteiger partial charge in [0, 0.05) is 31.7 Å². The standard InChI is InChI=1S/C16H29N5O2/c1-13(7-9-21-12-17-11-18-21)19-14-6-5-8-20(10-14)15(22)23-16(2,3)4/h11-14,19H,5-10H2,1-4H3/t13-,14+/m1/s1. The van der Waals surface area contributed by atoms with Crippen molar-refractivity contribution < 1.29 is 9.53 Å². The Balaban J connectivity index is 1.75. The number of piperidine rings is 1. The average molecular weight is 323 g/mol. The zero-order valence-corrected chi connectivity index (χ0v) is 14.7. The van der Waals surface area contributed by atoms with Crippen LogP contribution in [0.2, 0.25) is 0 Å². The van der Waals surface area contributed by atoms with Crippen LogP contribution in [0.25, 0.3) is 0 Å². The highest BCUT2D eigenvalue weighted by atomic mass is 16.6. The van der Waals surface area contributed by atoms with Crippen LogP contribution in [0, 0.1) is 0 Å². The molecule has 1 amide bonds. The molecule has 130 valence electrons. The first-order valence-electron chi connectivity index (χ1n) is 8.40. The number of carbonyl (C=O) groups is 1. The van der Waals surface area contributed by atoms with E-state index in [4.69, 9.17) is 4.74 Å². The van der Waals surface area contributed by atoms with E-state index in [-0.39, 0.29) is 6.09 Å². The fraction of sp³-hybridized carbons (Fsp3) is 0.812. The number of amides is 1. The Labute approximate surface area is 138 Å². The Morgan fingerprint density at radius 3 is 2.91 bits per heavy atom. The second kappa shape index (κ2) is 7.77. The van der Waals surface area contributed by atoms with Crippen LogP contribution in [0.1, 0.15) is 47.0 Å². The van der Waals surface area contributed by atoms with E-state index < -0.39 is 5.60 Å². The minimum absolute atomic E-state index is 0.209. The summed E-state index contributed by atoms with van der Waals surface area (Å²) in [5.41, 5.74) is -0.442. The lowest BCUT2D eigenvalue weighted by atomic mass is 10.0. The monoisotopic (exact) mass is 323 g/mol. The molecule has 7 nitrogen and oxygen atoms in total. The van der Waals surface area contributed by atoms with Gasteiger partial charge in [0.25, 0.3) is 0 Å². The molecule has 7 heteroatoms. The van der Waals surface area contributed by atoms with Crippen molar-refractivity contribution in [3.8, 4) is 0 Å². The van der Waals surface area contributed by atoms with E-state index in [9.17, 15) is 4.79 Å². The second-order valence-electron chi connectivity index (χ2n) is 7.28. The van der Waals surface area contributed by atoms with E-state index in [1.165, 1.54) is 0 Å². The fourth-order valence-electron chi connectivity index (χ4n) is 2.77. The van der Waals surface area contributed by atoms with Crippen LogP contribution in [0.4, 0.5) is 4.79 Å². The normalized spacial score (nSPS) is 20.3. The number of hydrogen-bond acceptors (Lipinski definition) is 5. The van der Waals surface area contributed by atoms with Crippen molar-refractivity contribution in [2.75, 3.05) is 13.1 Å². The van der Waals surface area contributed by atoms with Gasteiger partial charge >= 0.3 is 6.09 Å². The summed E-state index contributed by atoms with van der Waals surface area (Å²) < 4.78 is 7.31. The van der Waals surface area contributed by atoms with Crippen LogP contribution in [-0.4, -0.2) is 56.5 Å². The third kappa shape index (κ3) is 6.17. The first kappa shape index (κ1) is 17.7. The molecule has 1 aromatic rings. The summed E-state index contributed by atoms with van der Waals surface area (Å²) in [6, 6.07) is 0.685. The molecule has 0 unspecified atom stereocenters. The zero-order valence-electron chi connectivity index (χ0n) is 14.7. The van der Waals surface area contributed by atoms with Crippen LogP contribution in [0.3, 0.4) is 0 Å². The number of aromatic nitrogens is 3. The van der Waals surface area contributed by atoms with Gasteiger partial charge in [-0.2, -0.15) is 5.10 Å². The predicted molar refractivity (Wildman–Crippen MR) is 88.1 cm³/mol. The fourth-order valence-corrected chi connectivity index (χ4v) is 2.77.